The SMILES string of the molecule is Cc1cc(C(=O)Nc2cnc(C3CC3)nc2)nn1-c1ccc(Br)cc1. The van der Waals surface area contributed by atoms with E-state index in [1.165, 1.54) is 0 Å². The molecule has 1 fully saturated rings. The third-order valence-electron chi connectivity index (χ3n) is 4.06. The number of benzene rings is 1. The van der Waals surface area contributed by atoms with Gasteiger partial charge in [0.25, 0.3) is 5.91 Å². The number of amides is 1. The van der Waals surface area contributed by atoms with Gasteiger partial charge in [-0.2, -0.15) is 5.10 Å². The monoisotopic (exact) mass is 397 g/mol. The normalized spacial score (nSPS) is 13.7. The van der Waals surface area contributed by atoms with Crippen molar-refractivity contribution in [3.63, 3.8) is 0 Å². The number of hydrogen-bond acceptors (Lipinski definition) is 4. The van der Waals surface area contributed by atoms with E-state index in [4.69, 9.17) is 0 Å². The number of halogens is 1. The highest BCUT2D eigenvalue weighted by molar-refractivity contribution is 9.10. The second kappa shape index (κ2) is 6.40. The number of hydrogen-bond donors (Lipinski definition) is 1. The van der Waals surface area contributed by atoms with Crippen molar-refractivity contribution >= 4 is 27.5 Å². The van der Waals surface area contributed by atoms with Crippen molar-refractivity contribution in [1.82, 2.24) is 19.7 Å². The fourth-order valence-electron chi connectivity index (χ4n) is 2.58. The topological polar surface area (TPSA) is 72.7 Å². The lowest BCUT2D eigenvalue weighted by molar-refractivity contribution is 0.102. The van der Waals surface area contributed by atoms with Gasteiger partial charge in [0, 0.05) is 16.1 Å². The van der Waals surface area contributed by atoms with Gasteiger partial charge in [-0.3, -0.25) is 4.79 Å². The third kappa shape index (κ3) is 3.46. The molecule has 7 heteroatoms. The molecule has 2 heterocycles. The average molecular weight is 398 g/mol. The fourth-order valence-corrected chi connectivity index (χ4v) is 2.84. The Morgan fingerprint density at radius 3 is 2.52 bits per heavy atom. The van der Waals surface area contributed by atoms with Crippen molar-refractivity contribution < 1.29 is 4.79 Å². The molecule has 0 saturated heterocycles. The van der Waals surface area contributed by atoms with Gasteiger partial charge in [0.15, 0.2) is 5.69 Å². The van der Waals surface area contributed by atoms with E-state index in [9.17, 15) is 4.79 Å². The van der Waals surface area contributed by atoms with Gasteiger partial charge in [0.2, 0.25) is 0 Å². The molecule has 1 N–H and O–H groups in total. The summed E-state index contributed by atoms with van der Waals surface area (Å²) in [5, 5.41) is 7.21. The van der Waals surface area contributed by atoms with Crippen LogP contribution in [0.5, 0.6) is 0 Å². The van der Waals surface area contributed by atoms with Crippen LogP contribution in [-0.4, -0.2) is 25.7 Å². The van der Waals surface area contributed by atoms with Crippen molar-refractivity contribution in [2.75, 3.05) is 5.32 Å². The van der Waals surface area contributed by atoms with E-state index >= 15 is 0 Å². The average Bonchev–Trinajstić information content (AvgIpc) is 3.39. The van der Waals surface area contributed by atoms with Gasteiger partial charge in [-0.25, -0.2) is 14.6 Å². The molecule has 1 aromatic carbocycles. The van der Waals surface area contributed by atoms with Gasteiger partial charge >= 0.3 is 0 Å². The molecule has 3 aromatic rings. The molecule has 126 valence electrons. The molecule has 1 amide bonds. The van der Waals surface area contributed by atoms with Crippen LogP contribution in [0.25, 0.3) is 5.69 Å². The number of carbonyl (C=O) groups is 1. The van der Waals surface area contributed by atoms with E-state index in [2.05, 4.69) is 36.3 Å². The van der Waals surface area contributed by atoms with Gasteiger partial charge in [0.05, 0.1) is 23.8 Å². The standard InChI is InChI=1S/C18H16BrN5O/c1-11-8-16(23-24(11)15-6-4-13(19)5-7-15)18(25)22-14-9-20-17(21-10-14)12-2-3-12/h4-10,12H,2-3H2,1H3,(H,22,25). The minimum absolute atomic E-state index is 0.276. The minimum Gasteiger partial charge on any atom is -0.318 e. The molecule has 0 bridgehead atoms. The van der Waals surface area contributed by atoms with Crippen LogP contribution in [-0.2, 0) is 0 Å². The highest BCUT2D eigenvalue weighted by Crippen LogP contribution is 2.37. The first-order valence-electron chi connectivity index (χ1n) is 8.06. The zero-order valence-corrected chi connectivity index (χ0v) is 15.2. The van der Waals surface area contributed by atoms with Crippen molar-refractivity contribution in [3.8, 4) is 5.69 Å². The van der Waals surface area contributed by atoms with E-state index in [1.807, 2.05) is 31.2 Å². The molecule has 1 aliphatic carbocycles. The molecule has 25 heavy (non-hydrogen) atoms. The molecule has 0 radical (unpaired) electrons. The Hall–Kier alpha value is -2.54. The van der Waals surface area contributed by atoms with Crippen molar-refractivity contribution in [1.29, 1.82) is 0 Å². The van der Waals surface area contributed by atoms with Crippen LogP contribution in [0.2, 0.25) is 0 Å². The van der Waals surface area contributed by atoms with E-state index in [0.29, 0.717) is 17.3 Å². The molecule has 0 unspecified atom stereocenters. The van der Waals surface area contributed by atoms with Crippen LogP contribution in [0.15, 0.2) is 47.2 Å². The second-order valence-corrected chi connectivity index (χ2v) is 7.03. The summed E-state index contributed by atoms with van der Waals surface area (Å²) in [6.07, 6.45) is 5.60. The molecular formula is C18H16BrN5O. The Bertz CT molecular complexity index is 914. The second-order valence-electron chi connectivity index (χ2n) is 6.12. The quantitative estimate of drug-likeness (QED) is 0.725. The van der Waals surface area contributed by atoms with Crippen LogP contribution in [0.4, 0.5) is 5.69 Å². The van der Waals surface area contributed by atoms with E-state index in [0.717, 1.165) is 34.5 Å². The zero-order valence-electron chi connectivity index (χ0n) is 13.6. The maximum absolute atomic E-state index is 12.4. The zero-order chi connectivity index (χ0) is 17.4. The highest BCUT2D eigenvalue weighted by Gasteiger charge is 2.26. The summed E-state index contributed by atoms with van der Waals surface area (Å²) in [4.78, 5) is 21.1. The van der Waals surface area contributed by atoms with Crippen LogP contribution < -0.4 is 5.32 Å². The minimum atomic E-state index is -0.276. The van der Waals surface area contributed by atoms with Gasteiger partial charge in [-0.05, 0) is 50.1 Å². The van der Waals surface area contributed by atoms with Crippen LogP contribution in [0.1, 0.15) is 40.8 Å². The molecule has 0 aliphatic heterocycles. The van der Waals surface area contributed by atoms with Crippen LogP contribution in [0.3, 0.4) is 0 Å². The summed E-state index contributed by atoms with van der Waals surface area (Å²) >= 11 is 3.41. The molecule has 1 saturated carbocycles. The molecule has 0 spiro atoms. The number of aromatic nitrogens is 4. The molecule has 4 rings (SSSR count). The molecule has 0 atom stereocenters. The van der Waals surface area contributed by atoms with Crippen molar-refractivity contribution in [3.05, 3.63) is 64.4 Å². The lowest BCUT2D eigenvalue weighted by Crippen LogP contribution is -2.14. The summed E-state index contributed by atoms with van der Waals surface area (Å²) in [5.41, 5.74) is 2.71. The summed E-state index contributed by atoms with van der Waals surface area (Å²) in [5.74, 6) is 1.07. The van der Waals surface area contributed by atoms with Crippen LogP contribution >= 0.6 is 15.9 Å². The van der Waals surface area contributed by atoms with E-state index < -0.39 is 0 Å². The van der Waals surface area contributed by atoms with Gasteiger partial charge in [-0.1, -0.05) is 15.9 Å². The maximum Gasteiger partial charge on any atom is 0.276 e. The predicted molar refractivity (Wildman–Crippen MR) is 98.0 cm³/mol. The Labute approximate surface area is 153 Å². The number of carbonyl (C=O) groups excluding carboxylic acids is 1. The largest absolute Gasteiger partial charge is 0.318 e. The Morgan fingerprint density at radius 1 is 1.20 bits per heavy atom. The Balaban J connectivity index is 1.52. The number of anilines is 1. The highest BCUT2D eigenvalue weighted by atomic mass is 79.9. The lowest BCUT2D eigenvalue weighted by atomic mass is 10.3. The summed E-state index contributed by atoms with van der Waals surface area (Å²) in [6.45, 7) is 1.92. The van der Waals surface area contributed by atoms with Gasteiger partial charge in [-0.15, -0.1) is 0 Å². The lowest BCUT2D eigenvalue weighted by Gasteiger charge is -2.04. The van der Waals surface area contributed by atoms with Crippen molar-refractivity contribution in [2.24, 2.45) is 0 Å². The summed E-state index contributed by atoms with van der Waals surface area (Å²) in [7, 11) is 0. The maximum atomic E-state index is 12.4. The van der Waals surface area contributed by atoms with Crippen molar-refractivity contribution in [2.45, 2.75) is 25.7 Å². The molecule has 6 nitrogen and oxygen atoms in total. The molecule has 1 aliphatic rings. The first-order chi connectivity index (χ1) is 12.1. The number of nitrogens with zero attached hydrogens (tertiary/aromatic N) is 4. The molecule has 2 aromatic heterocycles. The van der Waals surface area contributed by atoms with E-state index in [-0.39, 0.29) is 5.91 Å². The number of rotatable bonds is 4. The molecular weight excluding hydrogens is 382 g/mol. The van der Waals surface area contributed by atoms with Gasteiger partial charge < -0.3 is 5.32 Å². The third-order valence-corrected chi connectivity index (χ3v) is 4.59. The summed E-state index contributed by atoms with van der Waals surface area (Å²) in [6, 6.07) is 9.52. The first-order valence-corrected chi connectivity index (χ1v) is 8.85. The van der Waals surface area contributed by atoms with Crippen LogP contribution in [0, 0.1) is 6.92 Å². The van der Waals surface area contributed by atoms with E-state index in [1.54, 1.807) is 23.1 Å². The number of aryl methyl sites for hydroxylation is 1. The fraction of sp³-hybridized carbons (Fsp3) is 0.222. The summed E-state index contributed by atoms with van der Waals surface area (Å²) < 4.78 is 2.74. The Kier molecular flexibility index (Phi) is 4.09. The first kappa shape index (κ1) is 16.0. The number of nitrogens with one attached hydrogen (secondary N) is 1. The Morgan fingerprint density at radius 2 is 1.88 bits per heavy atom. The smallest absolute Gasteiger partial charge is 0.276 e. The predicted octanol–water partition coefficient (Wildman–Crippen LogP) is 3.86. The van der Waals surface area contributed by atoms with Gasteiger partial charge in [0.1, 0.15) is 5.82 Å².